The van der Waals surface area contributed by atoms with E-state index in [0.717, 1.165) is 43.7 Å². The SMILES string of the molecule is CC1(C)OB(c2ccc3ccc4c5nc(-c6ccccc6)oc5c5ccccc5c4c3c2)OC1(C)C. The van der Waals surface area contributed by atoms with Crippen LogP contribution in [0.2, 0.25) is 0 Å². The van der Waals surface area contributed by atoms with E-state index in [9.17, 15) is 0 Å². The number of hydrogen-bond acceptors (Lipinski definition) is 4. The first-order valence-electron chi connectivity index (χ1n) is 12.4. The molecular weight excluding hydrogens is 445 g/mol. The minimum absolute atomic E-state index is 0.390. The van der Waals surface area contributed by atoms with Gasteiger partial charge in [0.15, 0.2) is 5.58 Å². The van der Waals surface area contributed by atoms with E-state index in [0.29, 0.717) is 5.89 Å². The molecular formula is C31H26BNO3. The summed E-state index contributed by atoms with van der Waals surface area (Å²) in [6.45, 7) is 8.34. The van der Waals surface area contributed by atoms with E-state index in [-0.39, 0.29) is 0 Å². The van der Waals surface area contributed by atoms with Gasteiger partial charge in [0.25, 0.3) is 0 Å². The molecule has 0 atom stereocenters. The number of fused-ring (bicyclic) bond motifs is 8. The summed E-state index contributed by atoms with van der Waals surface area (Å²) in [7, 11) is -0.415. The second kappa shape index (κ2) is 7.42. The van der Waals surface area contributed by atoms with Crippen LogP contribution in [0.25, 0.3) is 54.9 Å². The van der Waals surface area contributed by atoms with Crippen molar-refractivity contribution in [1.29, 1.82) is 0 Å². The fourth-order valence-electron chi connectivity index (χ4n) is 5.24. The lowest BCUT2D eigenvalue weighted by molar-refractivity contribution is 0.00578. The van der Waals surface area contributed by atoms with Gasteiger partial charge in [-0.15, -0.1) is 0 Å². The molecule has 1 aliphatic rings. The average molecular weight is 471 g/mol. The summed E-state index contributed by atoms with van der Waals surface area (Å²) in [4.78, 5) is 4.99. The highest BCUT2D eigenvalue weighted by Crippen LogP contribution is 2.41. The van der Waals surface area contributed by atoms with E-state index in [2.05, 4.69) is 82.3 Å². The van der Waals surface area contributed by atoms with Crippen molar-refractivity contribution in [2.24, 2.45) is 0 Å². The molecule has 5 heteroatoms. The molecule has 0 radical (unpaired) electrons. The summed E-state index contributed by atoms with van der Waals surface area (Å²) in [5.74, 6) is 0.634. The van der Waals surface area contributed by atoms with Crippen molar-refractivity contribution in [1.82, 2.24) is 4.98 Å². The van der Waals surface area contributed by atoms with Gasteiger partial charge < -0.3 is 13.7 Å². The van der Waals surface area contributed by atoms with E-state index >= 15 is 0 Å². The van der Waals surface area contributed by atoms with Crippen molar-refractivity contribution in [2.45, 2.75) is 38.9 Å². The Kier molecular flexibility index (Phi) is 4.45. The third-order valence-corrected chi connectivity index (χ3v) is 7.92. The molecule has 36 heavy (non-hydrogen) atoms. The molecule has 0 aliphatic carbocycles. The minimum Gasteiger partial charge on any atom is -0.435 e. The van der Waals surface area contributed by atoms with Gasteiger partial charge in [-0.05, 0) is 66.8 Å². The van der Waals surface area contributed by atoms with Gasteiger partial charge in [0.1, 0.15) is 5.52 Å². The van der Waals surface area contributed by atoms with Crippen LogP contribution < -0.4 is 5.46 Å². The van der Waals surface area contributed by atoms with E-state index < -0.39 is 18.3 Å². The van der Waals surface area contributed by atoms with Gasteiger partial charge in [0.05, 0.1) is 11.2 Å². The highest BCUT2D eigenvalue weighted by Gasteiger charge is 2.51. The van der Waals surface area contributed by atoms with E-state index in [1.165, 1.54) is 10.8 Å². The topological polar surface area (TPSA) is 44.5 Å². The van der Waals surface area contributed by atoms with Crippen LogP contribution in [0.5, 0.6) is 0 Å². The molecule has 0 saturated carbocycles. The van der Waals surface area contributed by atoms with E-state index in [1.807, 2.05) is 30.3 Å². The molecule has 1 fully saturated rings. The summed E-state index contributed by atoms with van der Waals surface area (Å²) >= 11 is 0. The largest absolute Gasteiger partial charge is 0.494 e. The number of nitrogens with zero attached hydrogens (tertiary/aromatic N) is 1. The lowest BCUT2D eigenvalue weighted by Gasteiger charge is -2.32. The Labute approximate surface area is 210 Å². The molecule has 176 valence electrons. The Morgan fingerprint density at radius 1 is 0.667 bits per heavy atom. The second-order valence-electron chi connectivity index (χ2n) is 10.7. The molecule has 6 aromatic rings. The smallest absolute Gasteiger partial charge is 0.435 e. The third-order valence-electron chi connectivity index (χ3n) is 7.92. The monoisotopic (exact) mass is 471 g/mol. The number of hydrogen-bond donors (Lipinski definition) is 0. The maximum atomic E-state index is 6.39. The van der Waals surface area contributed by atoms with Gasteiger partial charge >= 0.3 is 7.12 Å². The normalized spacial score (nSPS) is 17.1. The fraction of sp³-hybridized carbons (Fsp3) is 0.194. The number of aromatic nitrogens is 1. The zero-order valence-electron chi connectivity index (χ0n) is 20.8. The summed E-state index contributed by atoms with van der Waals surface area (Å²) in [5.41, 5.74) is 2.90. The van der Waals surface area contributed by atoms with Crippen LogP contribution in [0.3, 0.4) is 0 Å². The van der Waals surface area contributed by atoms with Crippen LogP contribution >= 0.6 is 0 Å². The lowest BCUT2D eigenvalue weighted by Crippen LogP contribution is -2.41. The predicted octanol–water partition coefficient (Wildman–Crippen LogP) is 7.25. The number of benzene rings is 5. The Morgan fingerprint density at radius 3 is 2.08 bits per heavy atom. The van der Waals surface area contributed by atoms with E-state index in [4.69, 9.17) is 18.7 Å². The van der Waals surface area contributed by atoms with Crippen LogP contribution in [-0.2, 0) is 9.31 Å². The van der Waals surface area contributed by atoms with Gasteiger partial charge in [0.2, 0.25) is 5.89 Å². The molecule has 1 saturated heterocycles. The Hall–Kier alpha value is -3.67. The molecule has 4 nitrogen and oxygen atoms in total. The van der Waals surface area contributed by atoms with Crippen molar-refractivity contribution in [3.8, 4) is 11.5 Å². The van der Waals surface area contributed by atoms with Gasteiger partial charge in [-0.2, -0.15) is 0 Å². The highest BCUT2D eigenvalue weighted by atomic mass is 16.7. The van der Waals surface area contributed by atoms with Crippen molar-refractivity contribution < 1.29 is 13.7 Å². The Balaban J connectivity index is 1.52. The molecule has 5 aromatic carbocycles. The average Bonchev–Trinajstić information content (AvgIpc) is 3.42. The predicted molar refractivity (Wildman–Crippen MR) is 148 cm³/mol. The number of oxazole rings is 1. The van der Waals surface area contributed by atoms with Crippen LogP contribution in [-0.4, -0.2) is 23.3 Å². The number of rotatable bonds is 2. The maximum Gasteiger partial charge on any atom is 0.494 e. The summed E-state index contributed by atoms with van der Waals surface area (Å²) < 4.78 is 19.1. The molecule has 1 aromatic heterocycles. The molecule has 0 unspecified atom stereocenters. The van der Waals surface area contributed by atoms with Crippen molar-refractivity contribution in [2.75, 3.05) is 0 Å². The standard InChI is InChI=1S/C31H26BNO3/c1-30(2)31(3,4)36-32(35-30)21-16-14-19-15-17-24-26(25(19)18-21)22-12-8-9-13-23(22)28-27(24)33-29(34-28)20-10-6-5-7-11-20/h5-18H,1-4H3. The summed E-state index contributed by atoms with van der Waals surface area (Å²) in [6, 6.07) is 29.3. The summed E-state index contributed by atoms with van der Waals surface area (Å²) in [6.07, 6.45) is 0. The minimum atomic E-state index is -0.415. The first-order valence-corrected chi connectivity index (χ1v) is 12.4. The van der Waals surface area contributed by atoms with Gasteiger partial charge in [-0.1, -0.05) is 72.8 Å². The molecule has 2 heterocycles. The Bertz CT molecular complexity index is 1790. The van der Waals surface area contributed by atoms with Crippen LogP contribution in [0, 0.1) is 0 Å². The zero-order chi connectivity index (χ0) is 24.7. The first kappa shape index (κ1) is 21.6. The molecule has 0 N–H and O–H groups in total. The van der Waals surface area contributed by atoms with Crippen molar-refractivity contribution >= 4 is 56.0 Å². The second-order valence-corrected chi connectivity index (χ2v) is 10.7. The fourth-order valence-corrected chi connectivity index (χ4v) is 5.24. The summed E-state index contributed by atoms with van der Waals surface area (Å²) in [5, 5.41) is 6.77. The van der Waals surface area contributed by atoms with Crippen LogP contribution in [0.1, 0.15) is 27.7 Å². The quantitative estimate of drug-likeness (QED) is 0.197. The van der Waals surface area contributed by atoms with Crippen LogP contribution in [0.15, 0.2) is 89.3 Å². The zero-order valence-corrected chi connectivity index (χ0v) is 20.8. The molecule has 0 bridgehead atoms. The molecule has 0 spiro atoms. The Morgan fingerprint density at radius 2 is 1.33 bits per heavy atom. The molecule has 0 amide bonds. The lowest BCUT2D eigenvalue weighted by atomic mass is 9.77. The van der Waals surface area contributed by atoms with Crippen LogP contribution in [0.4, 0.5) is 0 Å². The van der Waals surface area contributed by atoms with Gasteiger partial charge in [-0.3, -0.25) is 0 Å². The van der Waals surface area contributed by atoms with Gasteiger partial charge in [0, 0.05) is 16.3 Å². The third kappa shape index (κ3) is 3.06. The van der Waals surface area contributed by atoms with Crippen molar-refractivity contribution in [3.63, 3.8) is 0 Å². The molecule has 1 aliphatic heterocycles. The molecule has 7 rings (SSSR count). The van der Waals surface area contributed by atoms with Crippen molar-refractivity contribution in [3.05, 3.63) is 84.9 Å². The maximum absolute atomic E-state index is 6.39. The van der Waals surface area contributed by atoms with E-state index in [1.54, 1.807) is 0 Å². The highest BCUT2D eigenvalue weighted by molar-refractivity contribution is 6.62. The first-order chi connectivity index (χ1) is 17.3. The van der Waals surface area contributed by atoms with Gasteiger partial charge in [-0.25, -0.2) is 4.98 Å².